The Morgan fingerprint density at radius 1 is 0.639 bits per heavy atom. The van der Waals surface area contributed by atoms with E-state index in [9.17, 15) is 0 Å². The van der Waals surface area contributed by atoms with E-state index in [1.54, 1.807) is 0 Å². The number of aryl methyl sites for hydroxylation is 5. The summed E-state index contributed by atoms with van der Waals surface area (Å²) >= 11 is 0. The van der Waals surface area contributed by atoms with Crippen LogP contribution in [0.15, 0.2) is 58.5 Å². The van der Waals surface area contributed by atoms with Crippen LogP contribution in [0.2, 0.25) is 0 Å². The van der Waals surface area contributed by atoms with Gasteiger partial charge in [0.05, 0.1) is 34.2 Å². The maximum absolute atomic E-state index is 5.07. The van der Waals surface area contributed by atoms with Crippen molar-refractivity contribution in [3.63, 3.8) is 0 Å². The van der Waals surface area contributed by atoms with E-state index in [0.717, 1.165) is 65.4 Å². The predicted molar refractivity (Wildman–Crippen MR) is 143 cm³/mol. The minimum Gasteiger partial charge on any atom is -1.00 e. The van der Waals surface area contributed by atoms with E-state index in [0.29, 0.717) is 0 Å². The van der Waals surface area contributed by atoms with Gasteiger partial charge in [0.25, 0.3) is 0 Å². The van der Waals surface area contributed by atoms with Crippen LogP contribution in [0.3, 0.4) is 0 Å². The molecule has 0 aliphatic carbocycles. The molecule has 0 saturated heterocycles. The van der Waals surface area contributed by atoms with E-state index in [4.69, 9.17) is 15.0 Å². The number of pyridine rings is 1. The van der Waals surface area contributed by atoms with Gasteiger partial charge in [-0.25, -0.2) is 4.98 Å². The number of hydrogen-bond donors (Lipinski definition) is 0. The van der Waals surface area contributed by atoms with Crippen molar-refractivity contribution in [2.45, 2.75) is 74.1 Å². The van der Waals surface area contributed by atoms with Gasteiger partial charge in [-0.3, -0.25) is 9.98 Å². The van der Waals surface area contributed by atoms with E-state index in [2.05, 4.69) is 97.0 Å². The number of halogens is 2. The van der Waals surface area contributed by atoms with Crippen molar-refractivity contribution in [3.8, 4) is 0 Å². The Kier molecular flexibility index (Phi) is 15.2. The van der Waals surface area contributed by atoms with Gasteiger partial charge in [-0.05, 0) is 86.4 Å². The summed E-state index contributed by atoms with van der Waals surface area (Å²) in [4.78, 5) is 15.1. The molecule has 3 nitrogen and oxygen atoms in total. The van der Waals surface area contributed by atoms with Gasteiger partial charge in [0, 0.05) is 0 Å². The summed E-state index contributed by atoms with van der Waals surface area (Å²) in [6.45, 7) is 15.0. The Bertz CT molecular complexity index is 1070. The van der Waals surface area contributed by atoms with Crippen LogP contribution < -0.4 is 24.8 Å². The molecule has 6 heteroatoms. The van der Waals surface area contributed by atoms with Gasteiger partial charge in [-0.1, -0.05) is 64.1 Å². The zero-order chi connectivity index (χ0) is 24.0. The van der Waals surface area contributed by atoms with Crippen molar-refractivity contribution in [1.29, 1.82) is 0 Å². The monoisotopic (exact) mass is 560 g/mol. The molecule has 1 aromatic heterocycles. The maximum atomic E-state index is 5.07. The second-order valence-corrected chi connectivity index (χ2v) is 8.57. The van der Waals surface area contributed by atoms with Crippen LogP contribution in [0.4, 0.5) is 11.4 Å². The smallest absolute Gasteiger partial charge is 1.00 e. The standard InChI is InChI=1S/C30H37N3.2ClH.V/c1-8-23-14-12-15-24(9-2)29(23)31-21(6)27-18-20(5)19-28(33-27)22(7)32-30-25(10-3)16-13-17-26(30)11-4;;;/h12-19H,8-11H2,1-7H3;2*1H;/q;;;+2/p-2. The van der Waals surface area contributed by atoms with Crippen molar-refractivity contribution in [3.05, 3.63) is 87.7 Å². The normalized spacial score (nSPS) is 11.3. The molecule has 3 rings (SSSR count). The van der Waals surface area contributed by atoms with Crippen molar-refractivity contribution in [2.75, 3.05) is 0 Å². The van der Waals surface area contributed by atoms with Gasteiger partial charge < -0.3 is 24.8 Å². The topological polar surface area (TPSA) is 37.6 Å². The molecule has 1 heterocycles. The fraction of sp³-hybridized carbons (Fsp3) is 0.367. The number of benzene rings is 2. The summed E-state index contributed by atoms with van der Waals surface area (Å²) < 4.78 is 0. The molecule has 0 atom stereocenters. The van der Waals surface area contributed by atoms with Gasteiger partial charge >= 0.3 is 18.6 Å². The van der Waals surface area contributed by atoms with E-state index in [1.807, 2.05) is 0 Å². The van der Waals surface area contributed by atoms with Crippen LogP contribution in [0.1, 0.15) is 80.7 Å². The summed E-state index contributed by atoms with van der Waals surface area (Å²) in [5, 5.41) is 0. The zero-order valence-electron chi connectivity index (χ0n) is 22.5. The van der Waals surface area contributed by atoms with Gasteiger partial charge in [0.15, 0.2) is 0 Å². The minimum atomic E-state index is 0. The molecule has 0 saturated carbocycles. The maximum Gasteiger partial charge on any atom is 2.00 e. The Balaban J connectivity index is 0.00000408. The Morgan fingerprint density at radius 2 is 0.944 bits per heavy atom. The molecule has 2 aromatic carbocycles. The summed E-state index contributed by atoms with van der Waals surface area (Å²) in [6.07, 6.45) is 3.87. The average Bonchev–Trinajstić information content (AvgIpc) is 2.83. The number of nitrogens with zero attached hydrogens (tertiary/aromatic N) is 3. The molecular weight excluding hydrogens is 524 g/mol. The van der Waals surface area contributed by atoms with Crippen LogP contribution in [0.25, 0.3) is 0 Å². The summed E-state index contributed by atoms with van der Waals surface area (Å²) in [5.41, 5.74) is 12.2. The summed E-state index contributed by atoms with van der Waals surface area (Å²) in [5.74, 6) is 0. The summed E-state index contributed by atoms with van der Waals surface area (Å²) in [7, 11) is 0. The Morgan fingerprint density at radius 3 is 1.22 bits per heavy atom. The first-order chi connectivity index (χ1) is 15.9. The number of aliphatic imine (C=N–C) groups is 2. The van der Waals surface area contributed by atoms with Crippen LogP contribution in [-0.2, 0) is 44.2 Å². The first-order valence-corrected chi connectivity index (χ1v) is 12.2. The molecule has 36 heavy (non-hydrogen) atoms. The number of para-hydroxylation sites is 2. The average molecular weight is 561 g/mol. The molecule has 0 amide bonds. The van der Waals surface area contributed by atoms with Gasteiger partial charge in [0.1, 0.15) is 0 Å². The van der Waals surface area contributed by atoms with Crippen molar-refractivity contribution >= 4 is 22.8 Å². The molecule has 0 spiro atoms. The van der Waals surface area contributed by atoms with Crippen LogP contribution in [0, 0.1) is 6.92 Å². The van der Waals surface area contributed by atoms with Crippen LogP contribution in [0.5, 0.6) is 0 Å². The fourth-order valence-electron chi connectivity index (χ4n) is 4.21. The number of rotatable bonds is 8. The van der Waals surface area contributed by atoms with E-state index < -0.39 is 0 Å². The van der Waals surface area contributed by atoms with Gasteiger partial charge in [-0.15, -0.1) is 0 Å². The molecular formula is C30H37Cl2N3V. The molecule has 0 aliphatic rings. The molecule has 191 valence electrons. The van der Waals surface area contributed by atoms with Crippen LogP contribution >= 0.6 is 0 Å². The fourth-order valence-corrected chi connectivity index (χ4v) is 4.21. The van der Waals surface area contributed by atoms with Crippen molar-refractivity contribution in [2.24, 2.45) is 9.98 Å². The molecule has 0 N–H and O–H groups in total. The molecule has 1 radical (unpaired) electrons. The first-order valence-electron chi connectivity index (χ1n) is 12.2. The van der Waals surface area contributed by atoms with Gasteiger partial charge in [0.2, 0.25) is 0 Å². The minimum absolute atomic E-state index is 0. The van der Waals surface area contributed by atoms with E-state index >= 15 is 0 Å². The molecule has 0 aliphatic heterocycles. The molecule has 0 fully saturated rings. The second kappa shape index (κ2) is 16.0. The zero-order valence-corrected chi connectivity index (χ0v) is 25.4. The molecule has 0 unspecified atom stereocenters. The quantitative estimate of drug-likeness (QED) is 0.388. The van der Waals surface area contributed by atoms with E-state index in [1.165, 1.54) is 22.3 Å². The molecule has 3 aromatic rings. The van der Waals surface area contributed by atoms with Crippen molar-refractivity contribution in [1.82, 2.24) is 4.98 Å². The summed E-state index contributed by atoms with van der Waals surface area (Å²) in [6, 6.07) is 17.2. The second-order valence-electron chi connectivity index (χ2n) is 8.57. The number of aromatic nitrogens is 1. The van der Waals surface area contributed by atoms with Gasteiger partial charge in [-0.2, -0.15) is 0 Å². The first kappa shape index (κ1) is 34.1. The van der Waals surface area contributed by atoms with E-state index in [-0.39, 0.29) is 43.4 Å². The largest absolute Gasteiger partial charge is 2.00 e. The Hall–Kier alpha value is -1.91. The Labute approximate surface area is 242 Å². The molecule has 0 bridgehead atoms. The third-order valence-electron chi connectivity index (χ3n) is 6.20. The third-order valence-corrected chi connectivity index (χ3v) is 6.20. The van der Waals surface area contributed by atoms with Crippen molar-refractivity contribution < 1.29 is 43.4 Å². The number of hydrogen-bond acceptors (Lipinski definition) is 3. The van der Waals surface area contributed by atoms with Crippen LogP contribution in [-0.4, -0.2) is 16.4 Å². The predicted octanol–water partition coefficient (Wildman–Crippen LogP) is 1.93. The SMILES string of the molecule is CCc1cccc(CC)c1N=C(C)c1cc(C)cc(C(C)=Nc2c(CC)cccc2CC)n1.[Cl-].[Cl-].[V+2]. The third kappa shape index (κ3) is 8.05.